The zero-order valence-corrected chi connectivity index (χ0v) is 9.34. The zero-order valence-electron chi connectivity index (χ0n) is 7.76. The quantitative estimate of drug-likeness (QED) is 0.877. The normalized spacial score (nSPS) is 19.0. The molecule has 0 spiro atoms. The molecule has 0 aliphatic heterocycles. The minimum Gasteiger partial charge on any atom is -0.325 e. The standard InChI is InChI=1S/C9H14BrN3/c1-13-8(10)7(6-12-13)2-3-9(11)4-5-9/h6H,2-5,11H2,1H3. The molecule has 1 saturated carbocycles. The molecule has 1 aromatic rings. The van der Waals surface area contributed by atoms with E-state index >= 15 is 0 Å². The van der Waals surface area contributed by atoms with Crippen LogP contribution in [0.25, 0.3) is 0 Å². The second-order valence-electron chi connectivity index (χ2n) is 3.95. The van der Waals surface area contributed by atoms with Gasteiger partial charge in [-0.2, -0.15) is 5.10 Å². The summed E-state index contributed by atoms with van der Waals surface area (Å²) < 4.78 is 2.92. The Bertz CT molecular complexity index is 315. The van der Waals surface area contributed by atoms with Gasteiger partial charge in [0.1, 0.15) is 4.60 Å². The topological polar surface area (TPSA) is 43.8 Å². The van der Waals surface area contributed by atoms with Crippen molar-refractivity contribution >= 4 is 15.9 Å². The summed E-state index contributed by atoms with van der Waals surface area (Å²) in [6.45, 7) is 0. The van der Waals surface area contributed by atoms with Crippen molar-refractivity contribution in [2.75, 3.05) is 0 Å². The fourth-order valence-electron chi connectivity index (χ4n) is 1.43. The second kappa shape index (κ2) is 3.10. The van der Waals surface area contributed by atoms with Crippen molar-refractivity contribution in [3.05, 3.63) is 16.4 Å². The molecule has 2 rings (SSSR count). The summed E-state index contributed by atoms with van der Waals surface area (Å²) in [7, 11) is 1.93. The third-order valence-corrected chi connectivity index (χ3v) is 3.74. The molecule has 0 aromatic carbocycles. The molecule has 4 heteroatoms. The monoisotopic (exact) mass is 243 g/mol. The summed E-state index contributed by atoms with van der Waals surface area (Å²) in [5.41, 5.74) is 7.42. The smallest absolute Gasteiger partial charge is 0.106 e. The molecule has 1 heterocycles. The van der Waals surface area contributed by atoms with Crippen LogP contribution < -0.4 is 5.73 Å². The van der Waals surface area contributed by atoms with Crippen molar-refractivity contribution < 1.29 is 0 Å². The number of nitrogens with two attached hydrogens (primary N) is 1. The van der Waals surface area contributed by atoms with Crippen LogP contribution in [-0.4, -0.2) is 15.3 Å². The van der Waals surface area contributed by atoms with Crippen molar-refractivity contribution in [2.45, 2.75) is 31.2 Å². The largest absolute Gasteiger partial charge is 0.325 e. The van der Waals surface area contributed by atoms with Gasteiger partial charge >= 0.3 is 0 Å². The first kappa shape index (κ1) is 9.21. The van der Waals surface area contributed by atoms with Crippen LogP contribution in [0, 0.1) is 0 Å². The lowest BCUT2D eigenvalue weighted by molar-refractivity contribution is 0.607. The van der Waals surface area contributed by atoms with Crippen LogP contribution in [0.15, 0.2) is 10.8 Å². The van der Waals surface area contributed by atoms with Crippen molar-refractivity contribution in [3.8, 4) is 0 Å². The van der Waals surface area contributed by atoms with Crippen LogP contribution in [0.1, 0.15) is 24.8 Å². The molecule has 0 bridgehead atoms. The maximum atomic E-state index is 6.01. The molecule has 1 aliphatic carbocycles. The molecule has 72 valence electrons. The lowest BCUT2D eigenvalue weighted by Crippen LogP contribution is -2.22. The summed E-state index contributed by atoms with van der Waals surface area (Å²) in [5.74, 6) is 0. The SMILES string of the molecule is Cn1ncc(CCC2(N)CC2)c1Br. The van der Waals surface area contributed by atoms with E-state index in [0.29, 0.717) is 0 Å². The van der Waals surface area contributed by atoms with E-state index in [0.717, 1.165) is 17.4 Å². The molecule has 2 N–H and O–H groups in total. The van der Waals surface area contributed by atoms with Crippen molar-refractivity contribution in [1.29, 1.82) is 0 Å². The Hall–Kier alpha value is -0.350. The van der Waals surface area contributed by atoms with Crippen LogP contribution in [-0.2, 0) is 13.5 Å². The highest BCUT2D eigenvalue weighted by Crippen LogP contribution is 2.37. The molecular weight excluding hydrogens is 230 g/mol. The summed E-state index contributed by atoms with van der Waals surface area (Å²) >= 11 is 3.50. The van der Waals surface area contributed by atoms with Gasteiger partial charge in [0.05, 0.1) is 6.20 Å². The number of hydrogen-bond acceptors (Lipinski definition) is 2. The maximum absolute atomic E-state index is 6.01. The highest BCUT2D eigenvalue weighted by Gasteiger charge is 2.37. The first-order valence-corrected chi connectivity index (χ1v) is 5.35. The predicted molar refractivity (Wildman–Crippen MR) is 55.4 cm³/mol. The van der Waals surface area contributed by atoms with Gasteiger partial charge in [-0.15, -0.1) is 0 Å². The van der Waals surface area contributed by atoms with E-state index < -0.39 is 0 Å². The van der Waals surface area contributed by atoms with Gasteiger partial charge < -0.3 is 5.73 Å². The van der Waals surface area contributed by atoms with Gasteiger partial charge in [0, 0.05) is 18.2 Å². The summed E-state index contributed by atoms with van der Waals surface area (Å²) in [6.07, 6.45) is 6.40. The third-order valence-electron chi connectivity index (χ3n) is 2.72. The third kappa shape index (κ3) is 1.94. The van der Waals surface area contributed by atoms with Crippen molar-refractivity contribution in [3.63, 3.8) is 0 Å². The minimum absolute atomic E-state index is 0.148. The summed E-state index contributed by atoms with van der Waals surface area (Å²) in [5, 5.41) is 4.17. The van der Waals surface area contributed by atoms with Crippen LogP contribution >= 0.6 is 15.9 Å². The number of aryl methyl sites for hydroxylation is 2. The lowest BCUT2D eigenvalue weighted by atomic mass is 10.1. The van der Waals surface area contributed by atoms with E-state index in [-0.39, 0.29) is 5.54 Å². The highest BCUT2D eigenvalue weighted by atomic mass is 79.9. The average molecular weight is 244 g/mol. The van der Waals surface area contributed by atoms with Gasteiger partial charge in [-0.25, -0.2) is 0 Å². The van der Waals surface area contributed by atoms with Crippen molar-refractivity contribution in [1.82, 2.24) is 9.78 Å². The Morgan fingerprint density at radius 2 is 2.38 bits per heavy atom. The molecule has 0 saturated heterocycles. The van der Waals surface area contributed by atoms with E-state index in [1.54, 1.807) is 0 Å². The first-order chi connectivity index (χ1) is 6.11. The van der Waals surface area contributed by atoms with E-state index in [2.05, 4.69) is 21.0 Å². The summed E-state index contributed by atoms with van der Waals surface area (Å²) in [4.78, 5) is 0. The van der Waals surface area contributed by atoms with E-state index in [1.807, 2.05) is 17.9 Å². The maximum Gasteiger partial charge on any atom is 0.106 e. The van der Waals surface area contributed by atoms with Crippen LogP contribution in [0.2, 0.25) is 0 Å². The Balaban J connectivity index is 1.97. The summed E-state index contributed by atoms with van der Waals surface area (Å²) in [6, 6.07) is 0. The fourth-order valence-corrected chi connectivity index (χ4v) is 1.82. The molecule has 1 fully saturated rings. The molecule has 3 nitrogen and oxygen atoms in total. The number of hydrogen-bond donors (Lipinski definition) is 1. The first-order valence-electron chi connectivity index (χ1n) is 4.56. The van der Waals surface area contributed by atoms with Gasteiger partial charge in [0.25, 0.3) is 0 Å². The van der Waals surface area contributed by atoms with Gasteiger partial charge in [0.2, 0.25) is 0 Å². The van der Waals surface area contributed by atoms with Gasteiger partial charge in [-0.3, -0.25) is 4.68 Å². The molecule has 0 unspecified atom stereocenters. The number of halogens is 1. The lowest BCUT2D eigenvalue weighted by Gasteiger charge is -2.06. The molecular formula is C9H14BrN3. The minimum atomic E-state index is 0.148. The highest BCUT2D eigenvalue weighted by molar-refractivity contribution is 9.10. The van der Waals surface area contributed by atoms with E-state index in [4.69, 9.17) is 5.73 Å². The molecule has 13 heavy (non-hydrogen) atoms. The molecule has 0 atom stereocenters. The molecule has 1 aromatic heterocycles. The van der Waals surface area contributed by atoms with Crippen molar-refractivity contribution in [2.24, 2.45) is 12.8 Å². The van der Waals surface area contributed by atoms with Crippen LogP contribution in [0.5, 0.6) is 0 Å². The van der Waals surface area contributed by atoms with Gasteiger partial charge in [0.15, 0.2) is 0 Å². The van der Waals surface area contributed by atoms with E-state index in [1.165, 1.54) is 18.4 Å². The number of aromatic nitrogens is 2. The Morgan fingerprint density at radius 3 is 2.85 bits per heavy atom. The Kier molecular flexibility index (Phi) is 2.20. The van der Waals surface area contributed by atoms with Gasteiger partial charge in [-0.05, 0) is 41.6 Å². The Morgan fingerprint density at radius 1 is 1.69 bits per heavy atom. The van der Waals surface area contributed by atoms with Crippen LogP contribution in [0.3, 0.4) is 0 Å². The number of nitrogens with zero attached hydrogens (tertiary/aromatic N) is 2. The number of rotatable bonds is 3. The fraction of sp³-hybridized carbons (Fsp3) is 0.667. The van der Waals surface area contributed by atoms with Gasteiger partial charge in [-0.1, -0.05) is 0 Å². The molecule has 0 radical (unpaired) electrons. The average Bonchev–Trinajstić information content (AvgIpc) is 2.75. The predicted octanol–water partition coefficient (Wildman–Crippen LogP) is 1.61. The Labute approximate surface area is 86.4 Å². The molecule has 1 aliphatic rings. The van der Waals surface area contributed by atoms with E-state index in [9.17, 15) is 0 Å². The zero-order chi connectivity index (χ0) is 9.47. The second-order valence-corrected chi connectivity index (χ2v) is 4.70. The van der Waals surface area contributed by atoms with Crippen LogP contribution in [0.4, 0.5) is 0 Å². The molecule has 0 amide bonds.